The predicted octanol–water partition coefficient (Wildman–Crippen LogP) is 11.5. The van der Waals surface area contributed by atoms with E-state index in [0.717, 1.165) is 59.4 Å². The Hall–Kier alpha value is -5.40. The van der Waals surface area contributed by atoms with Gasteiger partial charge in [0.05, 0.1) is 5.48 Å². The van der Waals surface area contributed by atoms with Crippen molar-refractivity contribution in [1.82, 2.24) is 0 Å². The second-order valence-corrected chi connectivity index (χ2v) is 10.6. The molecule has 0 amide bonds. The van der Waals surface area contributed by atoms with Crippen molar-refractivity contribution >= 4 is 65.0 Å². The minimum Gasteiger partial charge on any atom is -0.455 e. The Morgan fingerprint density at radius 3 is 1.88 bits per heavy atom. The zero-order valence-corrected chi connectivity index (χ0v) is 22.0. The molecule has 1 heteroatoms. The third-order valence-corrected chi connectivity index (χ3v) is 8.29. The van der Waals surface area contributed by atoms with Gasteiger partial charge in [-0.05, 0) is 84.2 Å². The molecular formula is C40H24O. The van der Waals surface area contributed by atoms with E-state index >= 15 is 0 Å². The summed E-state index contributed by atoms with van der Waals surface area (Å²) in [5.74, 6) is 0. The summed E-state index contributed by atoms with van der Waals surface area (Å²) in [5.41, 5.74) is 3.27. The lowest BCUT2D eigenvalue weighted by atomic mass is 9.92. The van der Waals surface area contributed by atoms with E-state index < -0.39 is 0 Å². The minimum atomic E-state index is -0.0723. The molecular weight excluding hydrogens is 496 g/mol. The Balaban J connectivity index is 1.32. The number of hydrogen-bond acceptors (Lipinski definition) is 1. The number of rotatable bonds is 2. The minimum absolute atomic E-state index is 0.0632. The molecule has 8 aromatic carbocycles. The molecule has 9 aromatic rings. The smallest absolute Gasteiger partial charge is 0.143 e. The van der Waals surface area contributed by atoms with Gasteiger partial charge < -0.3 is 4.42 Å². The Morgan fingerprint density at radius 2 is 1.02 bits per heavy atom. The van der Waals surface area contributed by atoms with E-state index in [0.29, 0.717) is 22.3 Å². The fourth-order valence-corrected chi connectivity index (χ4v) is 6.34. The van der Waals surface area contributed by atoms with E-state index in [1.807, 2.05) is 78.9 Å². The molecule has 0 bridgehead atoms. The Bertz CT molecular complexity index is 2680. The third-order valence-electron chi connectivity index (χ3n) is 8.29. The van der Waals surface area contributed by atoms with Crippen LogP contribution in [-0.4, -0.2) is 0 Å². The average Bonchev–Trinajstić information content (AvgIpc) is 3.47. The molecule has 190 valence electrons. The monoisotopic (exact) mass is 524 g/mol. The summed E-state index contributed by atoms with van der Waals surface area (Å²) < 4.78 is 43.4. The van der Waals surface area contributed by atoms with Gasteiger partial charge in [0.15, 0.2) is 0 Å². The highest BCUT2D eigenvalue weighted by molar-refractivity contribution is 6.19. The molecule has 1 heterocycles. The lowest BCUT2D eigenvalue weighted by molar-refractivity contribution is 0.673. The van der Waals surface area contributed by atoms with Crippen LogP contribution in [0.4, 0.5) is 0 Å². The van der Waals surface area contributed by atoms with Gasteiger partial charge in [0, 0.05) is 16.2 Å². The zero-order valence-electron chi connectivity index (χ0n) is 26.0. The van der Waals surface area contributed by atoms with Crippen LogP contribution in [0.15, 0.2) is 150 Å². The molecule has 41 heavy (non-hydrogen) atoms. The van der Waals surface area contributed by atoms with Gasteiger partial charge in [-0.15, -0.1) is 0 Å². The molecule has 0 aliphatic carbocycles. The fraction of sp³-hybridized carbons (Fsp3) is 0. The Morgan fingerprint density at radius 1 is 0.415 bits per heavy atom. The highest BCUT2D eigenvalue weighted by Crippen LogP contribution is 2.40. The first-order chi connectivity index (χ1) is 22.0. The van der Waals surface area contributed by atoms with Crippen LogP contribution in [0, 0.1) is 0 Å². The fourth-order valence-electron chi connectivity index (χ4n) is 6.34. The summed E-state index contributed by atoms with van der Waals surface area (Å²) in [5, 5.41) is 10.1. The second-order valence-electron chi connectivity index (χ2n) is 10.6. The molecule has 1 aromatic heterocycles. The number of furan rings is 1. The molecule has 0 saturated carbocycles. The second kappa shape index (κ2) is 8.55. The predicted molar refractivity (Wildman–Crippen MR) is 175 cm³/mol. The molecule has 0 radical (unpaired) electrons. The molecule has 0 saturated heterocycles. The van der Waals surface area contributed by atoms with Gasteiger partial charge in [-0.2, -0.15) is 0 Å². The van der Waals surface area contributed by atoms with Gasteiger partial charge in [0.1, 0.15) is 11.2 Å². The lowest BCUT2D eigenvalue weighted by Gasteiger charge is -2.11. The molecule has 0 fully saturated rings. The molecule has 0 aliphatic rings. The number of hydrogen-bond donors (Lipinski definition) is 0. The van der Waals surface area contributed by atoms with Crippen LogP contribution in [0.25, 0.3) is 87.3 Å². The lowest BCUT2D eigenvalue weighted by Crippen LogP contribution is -1.85. The van der Waals surface area contributed by atoms with Gasteiger partial charge in [-0.25, -0.2) is 0 Å². The SMILES string of the molecule is [2H]c1c([2H])c(-c2cccc3oc4c5ccccc5ccc4c23)c([2H])c([2H])c1-c1cccc2cc3ccc4ccccc4c3cc12. The van der Waals surface area contributed by atoms with Crippen molar-refractivity contribution in [1.29, 1.82) is 0 Å². The maximum Gasteiger partial charge on any atom is 0.143 e. The molecule has 0 atom stereocenters. The summed E-state index contributed by atoms with van der Waals surface area (Å²) in [6.07, 6.45) is 0. The molecule has 0 N–H and O–H groups in total. The summed E-state index contributed by atoms with van der Waals surface area (Å²) in [7, 11) is 0. The molecule has 9 rings (SSSR count). The van der Waals surface area contributed by atoms with E-state index in [-0.39, 0.29) is 29.7 Å². The first-order valence-corrected chi connectivity index (χ1v) is 13.8. The molecule has 0 aliphatic heterocycles. The Kier molecular flexibility index (Phi) is 3.92. The highest BCUT2D eigenvalue weighted by atomic mass is 16.3. The van der Waals surface area contributed by atoms with E-state index in [9.17, 15) is 5.48 Å². The average molecular weight is 525 g/mol. The maximum absolute atomic E-state index is 9.26. The van der Waals surface area contributed by atoms with E-state index in [4.69, 9.17) is 4.42 Å². The van der Waals surface area contributed by atoms with Gasteiger partial charge in [0.2, 0.25) is 0 Å². The van der Waals surface area contributed by atoms with Crippen molar-refractivity contribution in [3.05, 3.63) is 145 Å². The summed E-state index contributed by atoms with van der Waals surface area (Å²) in [6.45, 7) is 0. The van der Waals surface area contributed by atoms with Gasteiger partial charge in [-0.1, -0.05) is 121 Å². The first-order valence-electron chi connectivity index (χ1n) is 15.8. The number of fused-ring (bicyclic) bond motifs is 9. The summed E-state index contributed by atoms with van der Waals surface area (Å²) in [4.78, 5) is 0. The topological polar surface area (TPSA) is 13.1 Å². The van der Waals surface area contributed by atoms with Crippen molar-refractivity contribution in [2.45, 2.75) is 0 Å². The molecule has 0 spiro atoms. The van der Waals surface area contributed by atoms with Crippen molar-refractivity contribution in [3.63, 3.8) is 0 Å². The van der Waals surface area contributed by atoms with Crippen molar-refractivity contribution in [2.75, 3.05) is 0 Å². The number of benzene rings is 8. The van der Waals surface area contributed by atoms with Gasteiger partial charge in [-0.3, -0.25) is 0 Å². The van der Waals surface area contributed by atoms with Crippen LogP contribution in [0.1, 0.15) is 5.48 Å². The van der Waals surface area contributed by atoms with Crippen molar-refractivity contribution in [3.8, 4) is 22.3 Å². The molecule has 1 nitrogen and oxygen atoms in total. The normalized spacial score (nSPS) is 13.3. The third kappa shape index (κ3) is 3.36. The highest BCUT2D eigenvalue weighted by Gasteiger charge is 2.15. The summed E-state index contributed by atoms with van der Waals surface area (Å²) >= 11 is 0. The van der Waals surface area contributed by atoms with E-state index in [2.05, 4.69) is 42.5 Å². The quantitative estimate of drug-likeness (QED) is 0.162. The first kappa shape index (κ1) is 18.8. The zero-order chi connectivity index (χ0) is 30.4. The van der Waals surface area contributed by atoms with Crippen LogP contribution in [0.3, 0.4) is 0 Å². The largest absolute Gasteiger partial charge is 0.455 e. The Labute approximate surface area is 242 Å². The maximum atomic E-state index is 9.26. The van der Waals surface area contributed by atoms with E-state index in [1.54, 1.807) is 0 Å². The van der Waals surface area contributed by atoms with Crippen molar-refractivity contribution in [2.24, 2.45) is 0 Å². The standard InChI is InChI=1S/C40H24O/c1-3-10-31-25(7-1)19-20-30-23-29-9-5-12-32(36(29)24-37(30)31)27-15-17-28(18-16-27)33-13-6-14-38-39(33)35-22-21-26-8-2-4-11-34(26)40(35)41-38/h1-24H/i15D,16D,17D,18D. The van der Waals surface area contributed by atoms with Crippen LogP contribution < -0.4 is 0 Å². The van der Waals surface area contributed by atoms with E-state index in [1.165, 1.54) is 0 Å². The molecule has 0 unspecified atom stereocenters. The van der Waals surface area contributed by atoms with Crippen LogP contribution in [0.5, 0.6) is 0 Å². The van der Waals surface area contributed by atoms with Crippen LogP contribution in [0.2, 0.25) is 0 Å². The summed E-state index contributed by atoms with van der Waals surface area (Å²) in [6, 6.07) is 40.1. The van der Waals surface area contributed by atoms with Crippen LogP contribution in [-0.2, 0) is 0 Å². The van der Waals surface area contributed by atoms with Crippen molar-refractivity contribution < 1.29 is 9.90 Å². The van der Waals surface area contributed by atoms with Gasteiger partial charge in [0.25, 0.3) is 0 Å². The van der Waals surface area contributed by atoms with Gasteiger partial charge >= 0.3 is 0 Å². The van der Waals surface area contributed by atoms with Crippen LogP contribution >= 0.6 is 0 Å².